The number of hydrogen-bond acceptors (Lipinski definition) is 2. The van der Waals surface area contributed by atoms with E-state index in [4.69, 9.17) is 4.74 Å². The van der Waals surface area contributed by atoms with Gasteiger partial charge in [-0.05, 0) is 12.5 Å². The predicted molar refractivity (Wildman–Crippen MR) is 55.3 cm³/mol. The van der Waals surface area contributed by atoms with E-state index >= 15 is 0 Å². The van der Waals surface area contributed by atoms with Gasteiger partial charge in [0.25, 0.3) is 0 Å². The highest BCUT2D eigenvalue weighted by molar-refractivity contribution is 5.95. The van der Waals surface area contributed by atoms with Crippen LogP contribution in [0, 0.1) is 6.07 Å². The largest absolute Gasteiger partial charge is 0.381 e. The Labute approximate surface area is 84.9 Å². The number of hydrogen-bond donors (Lipinski definition) is 0. The molecule has 1 radical (unpaired) electrons. The van der Waals surface area contributed by atoms with E-state index in [1.54, 1.807) is 24.3 Å². The molecular formula is C12H15O2. The van der Waals surface area contributed by atoms with Crippen LogP contribution in [0.25, 0.3) is 0 Å². The van der Waals surface area contributed by atoms with E-state index in [0.29, 0.717) is 13.0 Å². The highest BCUT2D eigenvalue weighted by Crippen LogP contribution is 2.02. The molecule has 0 heterocycles. The number of ether oxygens (including phenoxy) is 1. The Kier molecular flexibility index (Phi) is 4.94. The van der Waals surface area contributed by atoms with Crippen LogP contribution in [0.4, 0.5) is 0 Å². The lowest BCUT2D eigenvalue weighted by atomic mass is 10.1. The van der Waals surface area contributed by atoms with E-state index in [-0.39, 0.29) is 5.78 Å². The third-order valence-electron chi connectivity index (χ3n) is 1.86. The topological polar surface area (TPSA) is 26.3 Å². The molecule has 0 spiro atoms. The molecule has 0 saturated heterocycles. The second-order valence-corrected chi connectivity index (χ2v) is 3.07. The molecule has 14 heavy (non-hydrogen) atoms. The SMILES string of the molecule is CCCOCCC(=O)c1cc[c]cc1. The summed E-state index contributed by atoms with van der Waals surface area (Å²) in [5.41, 5.74) is 0.740. The molecule has 0 fully saturated rings. The average Bonchev–Trinajstić information content (AvgIpc) is 2.25. The number of ketones is 1. The molecule has 75 valence electrons. The van der Waals surface area contributed by atoms with E-state index < -0.39 is 0 Å². The first kappa shape index (κ1) is 10.9. The van der Waals surface area contributed by atoms with E-state index in [2.05, 4.69) is 13.0 Å². The number of rotatable bonds is 6. The Morgan fingerprint density at radius 2 is 2.07 bits per heavy atom. The van der Waals surface area contributed by atoms with E-state index in [0.717, 1.165) is 18.6 Å². The number of carbonyl (C=O) groups excluding carboxylic acids is 1. The van der Waals surface area contributed by atoms with Crippen molar-refractivity contribution in [3.8, 4) is 0 Å². The molecule has 0 saturated carbocycles. The number of Topliss-reactive ketones (excluding diaryl/α,β-unsaturated/α-hetero) is 1. The monoisotopic (exact) mass is 191 g/mol. The standard InChI is InChI=1S/C12H15O2/c1-2-9-14-10-8-12(13)11-6-4-3-5-7-11/h4-7H,2,8-10H2,1H3. The van der Waals surface area contributed by atoms with Crippen molar-refractivity contribution in [1.82, 2.24) is 0 Å². The van der Waals surface area contributed by atoms with Crippen LogP contribution < -0.4 is 0 Å². The fraction of sp³-hybridized carbons (Fsp3) is 0.417. The molecule has 0 aliphatic carbocycles. The van der Waals surface area contributed by atoms with Crippen molar-refractivity contribution in [2.45, 2.75) is 19.8 Å². The van der Waals surface area contributed by atoms with Crippen LogP contribution in [0.5, 0.6) is 0 Å². The van der Waals surface area contributed by atoms with Gasteiger partial charge in [-0.2, -0.15) is 0 Å². The van der Waals surface area contributed by atoms with Crippen LogP contribution in [0.2, 0.25) is 0 Å². The molecular weight excluding hydrogens is 176 g/mol. The Morgan fingerprint density at radius 3 is 2.71 bits per heavy atom. The van der Waals surface area contributed by atoms with E-state index in [9.17, 15) is 4.79 Å². The summed E-state index contributed by atoms with van der Waals surface area (Å²) in [7, 11) is 0. The van der Waals surface area contributed by atoms with Gasteiger partial charge < -0.3 is 4.74 Å². The summed E-state index contributed by atoms with van der Waals surface area (Å²) in [5.74, 6) is 0.134. The molecule has 0 bridgehead atoms. The van der Waals surface area contributed by atoms with Crippen LogP contribution in [0.15, 0.2) is 24.3 Å². The van der Waals surface area contributed by atoms with Crippen LogP contribution in [0.3, 0.4) is 0 Å². The van der Waals surface area contributed by atoms with Gasteiger partial charge in [-0.25, -0.2) is 0 Å². The molecule has 1 aromatic carbocycles. The second kappa shape index (κ2) is 6.33. The van der Waals surface area contributed by atoms with Crippen molar-refractivity contribution in [2.75, 3.05) is 13.2 Å². The van der Waals surface area contributed by atoms with Gasteiger partial charge >= 0.3 is 0 Å². The molecule has 1 aromatic rings. The normalized spacial score (nSPS) is 10.1. The summed E-state index contributed by atoms with van der Waals surface area (Å²) in [4.78, 5) is 11.5. The summed E-state index contributed by atoms with van der Waals surface area (Å²) in [6, 6.07) is 9.94. The Morgan fingerprint density at radius 1 is 1.36 bits per heavy atom. The zero-order valence-corrected chi connectivity index (χ0v) is 8.45. The Bertz CT molecular complexity index is 267. The minimum absolute atomic E-state index is 0.134. The minimum Gasteiger partial charge on any atom is -0.381 e. The van der Waals surface area contributed by atoms with Crippen molar-refractivity contribution in [3.05, 3.63) is 35.9 Å². The zero-order valence-electron chi connectivity index (χ0n) is 8.45. The smallest absolute Gasteiger partial charge is 0.165 e. The van der Waals surface area contributed by atoms with Crippen molar-refractivity contribution < 1.29 is 9.53 Å². The van der Waals surface area contributed by atoms with Gasteiger partial charge in [-0.1, -0.05) is 31.2 Å². The molecule has 0 N–H and O–H groups in total. The summed E-state index contributed by atoms with van der Waals surface area (Å²) < 4.78 is 5.25. The molecule has 0 aliphatic heterocycles. The second-order valence-electron chi connectivity index (χ2n) is 3.07. The first-order chi connectivity index (χ1) is 6.84. The van der Waals surface area contributed by atoms with Gasteiger partial charge in [0.2, 0.25) is 0 Å². The summed E-state index contributed by atoms with van der Waals surface area (Å²) in [6.45, 7) is 3.30. The van der Waals surface area contributed by atoms with Crippen molar-refractivity contribution >= 4 is 5.78 Å². The van der Waals surface area contributed by atoms with Gasteiger partial charge in [-0.15, -0.1) is 0 Å². The third-order valence-corrected chi connectivity index (χ3v) is 1.86. The van der Waals surface area contributed by atoms with Gasteiger partial charge in [0.05, 0.1) is 6.61 Å². The third kappa shape index (κ3) is 3.71. The lowest BCUT2D eigenvalue weighted by Gasteiger charge is -2.01. The first-order valence-corrected chi connectivity index (χ1v) is 4.91. The van der Waals surface area contributed by atoms with E-state index in [1.807, 2.05) is 0 Å². The Hall–Kier alpha value is -1.15. The molecule has 2 heteroatoms. The van der Waals surface area contributed by atoms with E-state index in [1.165, 1.54) is 0 Å². The maximum Gasteiger partial charge on any atom is 0.165 e. The molecule has 0 aromatic heterocycles. The molecule has 0 amide bonds. The van der Waals surface area contributed by atoms with Gasteiger partial charge in [-0.3, -0.25) is 4.79 Å². The number of benzene rings is 1. The summed E-state index contributed by atoms with van der Waals surface area (Å²) in [6.07, 6.45) is 1.46. The summed E-state index contributed by atoms with van der Waals surface area (Å²) >= 11 is 0. The summed E-state index contributed by atoms with van der Waals surface area (Å²) in [5, 5.41) is 0. The molecule has 1 rings (SSSR count). The highest BCUT2D eigenvalue weighted by atomic mass is 16.5. The maximum atomic E-state index is 11.5. The molecule has 0 unspecified atom stereocenters. The van der Waals surface area contributed by atoms with Gasteiger partial charge in [0.1, 0.15) is 0 Å². The molecule has 2 nitrogen and oxygen atoms in total. The van der Waals surface area contributed by atoms with Gasteiger partial charge in [0, 0.05) is 18.6 Å². The van der Waals surface area contributed by atoms with Crippen LogP contribution >= 0.6 is 0 Å². The maximum absolute atomic E-state index is 11.5. The molecule has 0 aliphatic rings. The first-order valence-electron chi connectivity index (χ1n) is 4.91. The highest BCUT2D eigenvalue weighted by Gasteiger charge is 2.03. The van der Waals surface area contributed by atoms with Crippen molar-refractivity contribution in [1.29, 1.82) is 0 Å². The predicted octanol–water partition coefficient (Wildman–Crippen LogP) is 2.49. The lowest BCUT2D eigenvalue weighted by molar-refractivity contribution is 0.0879. The van der Waals surface area contributed by atoms with Crippen LogP contribution in [0.1, 0.15) is 30.1 Å². The fourth-order valence-corrected chi connectivity index (χ4v) is 1.13. The fourth-order valence-electron chi connectivity index (χ4n) is 1.13. The van der Waals surface area contributed by atoms with Crippen molar-refractivity contribution in [3.63, 3.8) is 0 Å². The van der Waals surface area contributed by atoms with Crippen molar-refractivity contribution in [2.24, 2.45) is 0 Å². The number of carbonyl (C=O) groups is 1. The van der Waals surface area contributed by atoms with Crippen LogP contribution in [-0.2, 0) is 4.74 Å². The van der Waals surface area contributed by atoms with Gasteiger partial charge in [0.15, 0.2) is 5.78 Å². The quantitative estimate of drug-likeness (QED) is 0.510. The minimum atomic E-state index is 0.134. The average molecular weight is 191 g/mol. The molecule has 0 atom stereocenters. The van der Waals surface area contributed by atoms with Crippen LogP contribution in [-0.4, -0.2) is 19.0 Å². The Balaban J connectivity index is 2.29. The lowest BCUT2D eigenvalue weighted by Crippen LogP contribution is -2.05. The zero-order chi connectivity index (χ0) is 10.2.